The third-order valence-corrected chi connectivity index (χ3v) is 7.07. The van der Waals surface area contributed by atoms with Crippen LogP contribution < -0.4 is 9.47 Å². The molecule has 0 radical (unpaired) electrons. The Morgan fingerprint density at radius 2 is 1.71 bits per heavy atom. The minimum Gasteiger partial charge on any atom is -0.493 e. The second-order valence-corrected chi connectivity index (χ2v) is 10.3. The molecule has 35 heavy (non-hydrogen) atoms. The van der Waals surface area contributed by atoms with E-state index in [1.807, 2.05) is 66.6 Å². The zero-order valence-electron chi connectivity index (χ0n) is 20.5. The topological polar surface area (TPSA) is 59.1 Å². The molecule has 0 unspecified atom stereocenters. The van der Waals surface area contributed by atoms with Gasteiger partial charge in [0.2, 0.25) is 5.91 Å². The summed E-state index contributed by atoms with van der Waals surface area (Å²) in [7, 11) is 3.21. The smallest absolute Gasteiger partial charge is 0.254 e. The highest BCUT2D eigenvalue weighted by Crippen LogP contribution is 2.28. The van der Waals surface area contributed by atoms with Gasteiger partial charge in [-0.3, -0.25) is 9.59 Å². The maximum atomic E-state index is 13.5. The van der Waals surface area contributed by atoms with Crippen LogP contribution in [0.2, 0.25) is 0 Å². The molecule has 0 spiro atoms. The van der Waals surface area contributed by atoms with Gasteiger partial charge in [-0.05, 0) is 73.7 Å². The van der Waals surface area contributed by atoms with Gasteiger partial charge >= 0.3 is 0 Å². The molecule has 0 fully saturated rings. The summed E-state index contributed by atoms with van der Waals surface area (Å²) in [6.45, 7) is 4.89. The van der Waals surface area contributed by atoms with Crippen molar-refractivity contribution in [1.29, 1.82) is 0 Å². The van der Waals surface area contributed by atoms with Crippen LogP contribution in [0.4, 0.5) is 0 Å². The molecule has 2 aromatic carbocycles. The number of benzene rings is 2. The van der Waals surface area contributed by atoms with Crippen LogP contribution >= 0.6 is 27.3 Å². The average molecular weight is 560 g/mol. The van der Waals surface area contributed by atoms with Crippen molar-refractivity contribution in [3.63, 3.8) is 0 Å². The van der Waals surface area contributed by atoms with Crippen LogP contribution in [0.5, 0.6) is 11.5 Å². The molecule has 0 saturated heterocycles. The van der Waals surface area contributed by atoms with E-state index in [1.165, 1.54) is 0 Å². The fraction of sp³-hybridized carbons (Fsp3) is 0.333. The minimum absolute atomic E-state index is 0.0177. The Bertz CT molecular complexity index is 1120. The predicted octanol–water partition coefficient (Wildman–Crippen LogP) is 5.65. The van der Waals surface area contributed by atoms with Gasteiger partial charge in [-0.25, -0.2) is 0 Å². The van der Waals surface area contributed by atoms with E-state index in [0.717, 1.165) is 14.9 Å². The van der Waals surface area contributed by atoms with E-state index in [0.29, 0.717) is 36.6 Å². The number of thiophene rings is 1. The van der Waals surface area contributed by atoms with Crippen LogP contribution in [0, 0.1) is 0 Å². The van der Waals surface area contributed by atoms with Gasteiger partial charge in [0.05, 0.1) is 20.8 Å². The normalized spacial score (nSPS) is 10.8. The van der Waals surface area contributed by atoms with Crippen molar-refractivity contribution in [2.24, 2.45) is 0 Å². The number of ether oxygens (including phenoxy) is 2. The van der Waals surface area contributed by atoms with Crippen LogP contribution in [0.3, 0.4) is 0 Å². The average Bonchev–Trinajstić information content (AvgIpc) is 3.37. The molecule has 6 nitrogen and oxygen atoms in total. The van der Waals surface area contributed by atoms with E-state index in [1.54, 1.807) is 42.6 Å². The molecule has 186 valence electrons. The number of amides is 2. The summed E-state index contributed by atoms with van der Waals surface area (Å²) in [5.74, 6) is 1.09. The van der Waals surface area contributed by atoms with Crippen molar-refractivity contribution in [3.05, 3.63) is 80.5 Å². The van der Waals surface area contributed by atoms with Gasteiger partial charge in [0.25, 0.3) is 5.91 Å². The lowest BCUT2D eigenvalue weighted by molar-refractivity contribution is -0.132. The number of carbonyl (C=O) groups is 2. The van der Waals surface area contributed by atoms with Crippen molar-refractivity contribution in [2.45, 2.75) is 32.9 Å². The van der Waals surface area contributed by atoms with E-state index < -0.39 is 0 Å². The summed E-state index contributed by atoms with van der Waals surface area (Å²) in [5.41, 5.74) is 1.60. The quantitative estimate of drug-likeness (QED) is 0.305. The summed E-state index contributed by atoms with van der Waals surface area (Å²) in [4.78, 5) is 31.3. The van der Waals surface area contributed by atoms with Crippen LogP contribution in [0.15, 0.2) is 64.5 Å². The second-order valence-electron chi connectivity index (χ2n) is 8.37. The summed E-state index contributed by atoms with van der Waals surface area (Å²) in [6.07, 6.45) is 0.653. The zero-order valence-corrected chi connectivity index (χ0v) is 22.9. The molecule has 1 heterocycles. The Hall–Kier alpha value is -2.84. The molecular formula is C27H31BrN2O4S. The van der Waals surface area contributed by atoms with Crippen LogP contribution in [-0.2, 0) is 17.8 Å². The van der Waals surface area contributed by atoms with Gasteiger partial charge in [-0.1, -0.05) is 28.1 Å². The molecule has 2 amide bonds. The molecule has 1 aromatic heterocycles. The predicted molar refractivity (Wildman–Crippen MR) is 143 cm³/mol. The van der Waals surface area contributed by atoms with Crippen molar-refractivity contribution >= 4 is 39.1 Å². The minimum atomic E-state index is -0.156. The van der Waals surface area contributed by atoms with Gasteiger partial charge in [-0.2, -0.15) is 0 Å². The molecule has 0 aliphatic heterocycles. The maximum Gasteiger partial charge on any atom is 0.254 e. The number of halogens is 1. The second kappa shape index (κ2) is 12.7. The van der Waals surface area contributed by atoms with Crippen molar-refractivity contribution < 1.29 is 19.1 Å². The van der Waals surface area contributed by atoms with Crippen LogP contribution in [0.1, 0.15) is 34.6 Å². The lowest BCUT2D eigenvalue weighted by atomic mass is 10.1. The van der Waals surface area contributed by atoms with Crippen molar-refractivity contribution in [2.75, 3.05) is 27.3 Å². The number of hydrogen-bond donors (Lipinski definition) is 0. The Morgan fingerprint density at radius 1 is 1.00 bits per heavy atom. The first-order valence-corrected chi connectivity index (χ1v) is 13.1. The highest BCUT2D eigenvalue weighted by atomic mass is 79.9. The third-order valence-electron chi connectivity index (χ3n) is 5.68. The third kappa shape index (κ3) is 7.32. The van der Waals surface area contributed by atoms with Gasteiger partial charge in [0.15, 0.2) is 11.5 Å². The summed E-state index contributed by atoms with van der Waals surface area (Å²) in [5, 5.41) is 2.00. The molecule has 8 heteroatoms. The van der Waals surface area contributed by atoms with Gasteiger partial charge in [0, 0.05) is 27.5 Å². The molecule has 3 aromatic rings. The summed E-state index contributed by atoms with van der Waals surface area (Å²) < 4.78 is 11.6. The molecule has 3 rings (SSSR count). The van der Waals surface area contributed by atoms with E-state index in [2.05, 4.69) is 15.9 Å². The fourth-order valence-corrected chi connectivity index (χ4v) is 4.66. The molecule has 0 aliphatic rings. The maximum absolute atomic E-state index is 13.5. The highest BCUT2D eigenvalue weighted by Gasteiger charge is 2.25. The number of rotatable bonds is 11. The number of nitrogens with zero attached hydrogens (tertiary/aromatic N) is 2. The first-order chi connectivity index (χ1) is 16.8. The summed E-state index contributed by atoms with van der Waals surface area (Å²) >= 11 is 5.02. The largest absolute Gasteiger partial charge is 0.493 e. The number of methoxy groups -OCH3 is 2. The Kier molecular flexibility index (Phi) is 9.74. The molecule has 0 saturated carbocycles. The highest BCUT2D eigenvalue weighted by molar-refractivity contribution is 9.10. The lowest BCUT2D eigenvalue weighted by Crippen LogP contribution is -2.46. The monoisotopic (exact) mass is 558 g/mol. The van der Waals surface area contributed by atoms with E-state index in [-0.39, 0.29) is 24.4 Å². The summed E-state index contributed by atoms with van der Waals surface area (Å²) in [6, 6.07) is 16.9. The molecular weight excluding hydrogens is 528 g/mol. The zero-order chi connectivity index (χ0) is 25.4. The standard InChI is InChI=1S/C27H31BrN2O4S/c1-19(2)30(27(32)21-8-10-22(28)11-9-21)18-26(31)29(17-23-6-5-15-35-23)14-13-20-7-12-24(33-3)25(16-20)34-4/h5-12,15-16,19H,13-14,17-18H2,1-4H3. The van der Waals surface area contributed by atoms with Crippen LogP contribution in [0.25, 0.3) is 0 Å². The molecule has 0 N–H and O–H groups in total. The number of hydrogen-bond acceptors (Lipinski definition) is 5. The first-order valence-electron chi connectivity index (χ1n) is 11.4. The SMILES string of the molecule is COc1ccc(CCN(Cc2cccs2)C(=O)CN(C(=O)c2ccc(Br)cc2)C(C)C)cc1OC. The van der Waals surface area contributed by atoms with Crippen molar-refractivity contribution in [3.8, 4) is 11.5 Å². The van der Waals surface area contributed by atoms with Gasteiger partial charge < -0.3 is 19.3 Å². The van der Waals surface area contributed by atoms with Gasteiger partial charge in [-0.15, -0.1) is 11.3 Å². The van der Waals surface area contributed by atoms with Gasteiger partial charge in [0.1, 0.15) is 6.54 Å². The Morgan fingerprint density at radius 3 is 2.31 bits per heavy atom. The Balaban J connectivity index is 1.76. The molecule has 0 bridgehead atoms. The Labute approximate surface area is 219 Å². The lowest BCUT2D eigenvalue weighted by Gasteiger charge is -2.30. The van der Waals surface area contributed by atoms with Crippen molar-refractivity contribution in [1.82, 2.24) is 9.80 Å². The molecule has 0 atom stereocenters. The van der Waals surface area contributed by atoms with Crippen LogP contribution in [-0.4, -0.2) is 55.0 Å². The first kappa shape index (κ1) is 26.8. The van der Waals surface area contributed by atoms with E-state index in [9.17, 15) is 9.59 Å². The fourth-order valence-electron chi connectivity index (χ4n) is 3.68. The van der Waals surface area contributed by atoms with E-state index in [4.69, 9.17) is 9.47 Å². The van der Waals surface area contributed by atoms with E-state index >= 15 is 0 Å². The number of carbonyl (C=O) groups excluding carboxylic acids is 2. The molecule has 0 aliphatic carbocycles.